The fraction of sp³-hybridized carbons (Fsp3) is 0.200. The molecule has 17 heavy (non-hydrogen) atoms. The number of fused-ring (bicyclic) bond motifs is 2. The van der Waals surface area contributed by atoms with E-state index in [9.17, 15) is 0 Å². The van der Waals surface area contributed by atoms with Gasteiger partial charge in [0.1, 0.15) is 0 Å². The monoisotopic (exact) mass is 224 g/mol. The molecule has 1 N–H and O–H groups in total. The summed E-state index contributed by atoms with van der Waals surface area (Å²) >= 11 is 0. The van der Waals surface area contributed by atoms with Gasteiger partial charge in [0.15, 0.2) is 0 Å². The molecule has 1 heterocycles. The van der Waals surface area contributed by atoms with Gasteiger partial charge in [-0.2, -0.15) is 0 Å². The van der Waals surface area contributed by atoms with E-state index >= 15 is 0 Å². The number of rotatable bonds is 1. The van der Waals surface area contributed by atoms with Gasteiger partial charge in [-0.05, 0) is 38.1 Å². The van der Waals surface area contributed by atoms with Crippen LogP contribution in [-0.4, -0.2) is 6.04 Å². The van der Waals surface area contributed by atoms with Gasteiger partial charge in [0.25, 0.3) is 0 Å². The van der Waals surface area contributed by atoms with Gasteiger partial charge >= 0.3 is 0 Å². The van der Waals surface area contributed by atoms with E-state index in [-0.39, 0.29) is 0 Å². The summed E-state index contributed by atoms with van der Waals surface area (Å²) in [5.41, 5.74) is 4.86. The van der Waals surface area contributed by atoms with Crippen LogP contribution in [0.25, 0.3) is 0 Å². The lowest BCUT2D eigenvalue weighted by atomic mass is 10.1. The number of hydrogen-bond donors (Lipinski definition) is 1. The van der Waals surface area contributed by atoms with E-state index in [1.807, 2.05) is 0 Å². The van der Waals surface area contributed by atoms with Crippen LogP contribution in [0.3, 0.4) is 0 Å². The van der Waals surface area contributed by atoms with E-state index in [0.29, 0.717) is 6.04 Å². The highest BCUT2D eigenvalue weighted by Gasteiger charge is 2.23. The molecule has 2 nitrogen and oxygen atoms in total. The third kappa shape index (κ3) is 1.57. The van der Waals surface area contributed by atoms with Crippen LogP contribution >= 0.6 is 0 Å². The van der Waals surface area contributed by atoms with E-state index in [0.717, 1.165) is 0 Å². The van der Waals surface area contributed by atoms with Gasteiger partial charge < -0.3 is 10.2 Å². The third-order valence-corrected chi connectivity index (χ3v) is 3.11. The molecule has 3 rings (SSSR count). The van der Waals surface area contributed by atoms with Gasteiger partial charge in [0.05, 0.1) is 22.7 Å². The van der Waals surface area contributed by atoms with Crippen molar-refractivity contribution in [3.8, 4) is 0 Å². The quantitative estimate of drug-likeness (QED) is 0.777. The molecule has 0 spiro atoms. The Bertz CT molecular complexity index is 501. The number of nitrogens with zero attached hydrogens (tertiary/aromatic N) is 1. The maximum Gasteiger partial charge on any atom is 0.0653 e. The standard InChI is InChI=1S/C15H16N2/c1-11(2)17-14-9-5-3-7-12(14)16-13-8-4-6-10-15(13)17/h3-11,16H,1-2H3. The third-order valence-electron chi connectivity index (χ3n) is 3.11. The van der Waals surface area contributed by atoms with Crippen molar-refractivity contribution in [2.45, 2.75) is 19.9 Å². The average molecular weight is 224 g/mol. The number of anilines is 4. The maximum atomic E-state index is 3.48. The number of nitrogens with one attached hydrogen (secondary N) is 1. The molecule has 2 heteroatoms. The Kier molecular flexibility index (Phi) is 2.29. The van der Waals surface area contributed by atoms with Crippen LogP contribution in [0.15, 0.2) is 48.5 Å². The smallest absolute Gasteiger partial charge is 0.0653 e. The van der Waals surface area contributed by atoms with Crippen molar-refractivity contribution in [2.75, 3.05) is 10.2 Å². The van der Waals surface area contributed by atoms with E-state index in [4.69, 9.17) is 0 Å². The molecule has 0 unspecified atom stereocenters. The van der Waals surface area contributed by atoms with Crippen LogP contribution < -0.4 is 10.2 Å². The number of hydrogen-bond acceptors (Lipinski definition) is 2. The van der Waals surface area contributed by atoms with Gasteiger partial charge in [-0.25, -0.2) is 0 Å². The Morgan fingerprint density at radius 3 is 1.76 bits per heavy atom. The van der Waals surface area contributed by atoms with Crippen molar-refractivity contribution in [3.05, 3.63) is 48.5 Å². The lowest BCUT2D eigenvalue weighted by molar-refractivity contribution is 0.787. The second-order valence-corrected chi connectivity index (χ2v) is 4.62. The van der Waals surface area contributed by atoms with Gasteiger partial charge in [-0.3, -0.25) is 0 Å². The first kappa shape index (κ1) is 10.2. The lowest BCUT2D eigenvalue weighted by Gasteiger charge is -2.36. The van der Waals surface area contributed by atoms with Crippen molar-refractivity contribution >= 4 is 22.7 Å². The Morgan fingerprint density at radius 2 is 1.29 bits per heavy atom. The molecule has 0 fully saturated rings. The molecule has 1 aliphatic rings. The maximum absolute atomic E-state index is 3.48. The zero-order chi connectivity index (χ0) is 11.8. The molecule has 2 aromatic rings. The van der Waals surface area contributed by atoms with Crippen molar-refractivity contribution in [2.24, 2.45) is 0 Å². The first-order chi connectivity index (χ1) is 8.27. The number of para-hydroxylation sites is 4. The second kappa shape index (κ2) is 3.81. The zero-order valence-corrected chi connectivity index (χ0v) is 10.1. The fourth-order valence-electron chi connectivity index (χ4n) is 2.41. The topological polar surface area (TPSA) is 15.3 Å². The van der Waals surface area contributed by atoms with Crippen LogP contribution in [0.2, 0.25) is 0 Å². The molecule has 2 aromatic carbocycles. The summed E-state index contributed by atoms with van der Waals surface area (Å²) in [5, 5.41) is 3.48. The minimum atomic E-state index is 0.444. The molecule has 0 saturated carbocycles. The van der Waals surface area contributed by atoms with Crippen molar-refractivity contribution < 1.29 is 0 Å². The molecule has 0 radical (unpaired) electrons. The highest BCUT2D eigenvalue weighted by atomic mass is 15.2. The summed E-state index contributed by atoms with van der Waals surface area (Å²) in [6.07, 6.45) is 0. The molecular formula is C15H16N2. The summed E-state index contributed by atoms with van der Waals surface area (Å²) in [4.78, 5) is 2.38. The normalized spacial score (nSPS) is 13.0. The van der Waals surface area contributed by atoms with E-state index < -0.39 is 0 Å². The summed E-state index contributed by atoms with van der Waals surface area (Å²) in [5.74, 6) is 0. The SMILES string of the molecule is CC(C)N1c2ccccc2Nc2ccccc21. The van der Waals surface area contributed by atoms with Crippen LogP contribution in [0.1, 0.15) is 13.8 Å². The van der Waals surface area contributed by atoms with Crippen LogP contribution in [0.5, 0.6) is 0 Å². The summed E-state index contributed by atoms with van der Waals surface area (Å²) in [6.45, 7) is 4.44. The molecule has 0 bridgehead atoms. The molecule has 0 aliphatic carbocycles. The molecule has 0 amide bonds. The molecule has 1 aliphatic heterocycles. The minimum absolute atomic E-state index is 0.444. The predicted octanol–water partition coefficient (Wildman–Crippen LogP) is 4.29. The van der Waals surface area contributed by atoms with E-state index in [2.05, 4.69) is 72.6 Å². The van der Waals surface area contributed by atoms with Crippen LogP contribution in [-0.2, 0) is 0 Å². The Morgan fingerprint density at radius 1 is 0.824 bits per heavy atom. The van der Waals surface area contributed by atoms with Crippen LogP contribution in [0, 0.1) is 0 Å². The Labute approximate surface area is 102 Å². The van der Waals surface area contributed by atoms with Gasteiger partial charge in [-0.15, -0.1) is 0 Å². The number of benzene rings is 2. The van der Waals surface area contributed by atoms with Gasteiger partial charge in [0.2, 0.25) is 0 Å². The highest BCUT2D eigenvalue weighted by Crippen LogP contribution is 2.44. The van der Waals surface area contributed by atoms with E-state index in [1.54, 1.807) is 0 Å². The van der Waals surface area contributed by atoms with E-state index in [1.165, 1.54) is 22.7 Å². The molecular weight excluding hydrogens is 208 g/mol. The average Bonchev–Trinajstić information content (AvgIpc) is 2.35. The van der Waals surface area contributed by atoms with Crippen molar-refractivity contribution in [3.63, 3.8) is 0 Å². The molecule has 0 aromatic heterocycles. The summed E-state index contributed by atoms with van der Waals surface area (Å²) in [6, 6.07) is 17.3. The van der Waals surface area contributed by atoms with Crippen molar-refractivity contribution in [1.29, 1.82) is 0 Å². The fourth-order valence-corrected chi connectivity index (χ4v) is 2.41. The largest absolute Gasteiger partial charge is 0.352 e. The molecule has 86 valence electrons. The molecule has 0 atom stereocenters. The van der Waals surface area contributed by atoms with Gasteiger partial charge in [0, 0.05) is 6.04 Å². The lowest BCUT2D eigenvalue weighted by Crippen LogP contribution is -2.29. The summed E-state index contributed by atoms with van der Waals surface area (Å²) in [7, 11) is 0. The second-order valence-electron chi connectivity index (χ2n) is 4.62. The van der Waals surface area contributed by atoms with Gasteiger partial charge in [-0.1, -0.05) is 24.3 Å². The highest BCUT2D eigenvalue weighted by molar-refractivity contribution is 5.91. The summed E-state index contributed by atoms with van der Waals surface area (Å²) < 4.78 is 0. The molecule has 0 saturated heterocycles. The van der Waals surface area contributed by atoms with Crippen molar-refractivity contribution in [1.82, 2.24) is 0 Å². The predicted molar refractivity (Wildman–Crippen MR) is 73.4 cm³/mol. The van der Waals surface area contributed by atoms with Crippen LogP contribution in [0.4, 0.5) is 22.7 Å². The zero-order valence-electron chi connectivity index (χ0n) is 10.1. The Balaban J connectivity index is 2.21. The Hall–Kier alpha value is -1.96. The minimum Gasteiger partial charge on any atom is -0.352 e. The first-order valence-electron chi connectivity index (χ1n) is 6.01. The first-order valence-corrected chi connectivity index (χ1v) is 6.01.